The fourth-order valence-electron chi connectivity index (χ4n) is 4.10. The minimum Gasteiger partial charge on any atom is -0.508 e. The lowest BCUT2D eigenvalue weighted by molar-refractivity contribution is 0.0528. The summed E-state index contributed by atoms with van der Waals surface area (Å²) in [5.74, 6) is 1.30. The van der Waals surface area contributed by atoms with Crippen molar-refractivity contribution in [1.82, 2.24) is 0 Å². The summed E-state index contributed by atoms with van der Waals surface area (Å²) in [5.41, 5.74) is 2.89. The SMILES string of the molecule is CC1(C)Oc2cc(O)ccc2[C@@H](c2ccc(O)cc2)[C@@H]1c1ccccc1. The summed E-state index contributed by atoms with van der Waals surface area (Å²) >= 11 is 0. The van der Waals surface area contributed by atoms with Crippen molar-refractivity contribution in [2.24, 2.45) is 0 Å². The molecule has 0 spiro atoms. The van der Waals surface area contributed by atoms with Crippen molar-refractivity contribution < 1.29 is 14.9 Å². The van der Waals surface area contributed by atoms with Gasteiger partial charge in [-0.15, -0.1) is 0 Å². The Hall–Kier alpha value is -2.94. The minimum absolute atomic E-state index is 0.0531. The van der Waals surface area contributed by atoms with Gasteiger partial charge in [0, 0.05) is 23.5 Å². The third kappa shape index (κ3) is 2.80. The second-order valence-electron chi connectivity index (χ2n) is 7.39. The lowest BCUT2D eigenvalue weighted by Gasteiger charge is -2.45. The first-order chi connectivity index (χ1) is 12.5. The molecule has 3 nitrogen and oxygen atoms in total. The number of rotatable bonds is 2. The minimum atomic E-state index is -0.468. The molecule has 0 saturated carbocycles. The quantitative estimate of drug-likeness (QED) is 0.672. The smallest absolute Gasteiger partial charge is 0.127 e. The lowest BCUT2D eigenvalue weighted by atomic mass is 9.68. The van der Waals surface area contributed by atoms with E-state index in [1.165, 1.54) is 5.56 Å². The Morgan fingerprint density at radius 2 is 1.42 bits per heavy atom. The maximum atomic E-state index is 9.92. The third-order valence-corrected chi connectivity index (χ3v) is 5.20. The Balaban J connectivity index is 1.95. The zero-order valence-corrected chi connectivity index (χ0v) is 14.9. The molecule has 0 fully saturated rings. The van der Waals surface area contributed by atoms with Crippen LogP contribution in [0.3, 0.4) is 0 Å². The van der Waals surface area contributed by atoms with Gasteiger partial charge in [-0.2, -0.15) is 0 Å². The van der Waals surface area contributed by atoms with E-state index < -0.39 is 5.60 Å². The Morgan fingerprint density at radius 1 is 0.769 bits per heavy atom. The van der Waals surface area contributed by atoms with E-state index in [9.17, 15) is 10.2 Å². The zero-order valence-electron chi connectivity index (χ0n) is 14.9. The van der Waals surface area contributed by atoms with Crippen LogP contribution < -0.4 is 4.74 Å². The van der Waals surface area contributed by atoms with Gasteiger partial charge in [0.2, 0.25) is 0 Å². The summed E-state index contributed by atoms with van der Waals surface area (Å²) in [4.78, 5) is 0. The van der Waals surface area contributed by atoms with Gasteiger partial charge >= 0.3 is 0 Å². The molecule has 26 heavy (non-hydrogen) atoms. The van der Waals surface area contributed by atoms with E-state index >= 15 is 0 Å². The van der Waals surface area contributed by atoms with E-state index in [4.69, 9.17) is 4.74 Å². The fourth-order valence-corrected chi connectivity index (χ4v) is 4.10. The van der Waals surface area contributed by atoms with E-state index in [1.807, 2.05) is 36.4 Å². The molecular weight excluding hydrogens is 324 g/mol. The molecular formula is C23H22O3. The standard InChI is InChI=1S/C23H22O3/c1-23(2)22(16-6-4-3-5-7-16)21(15-8-10-17(24)11-9-15)19-13-12-18(25)14-20(19)26-23/h3-14,21-22,24-25H,1-2H3/t21-,22+/m1/s1. The van der Waals surface area contributed by atoms with Gasteiger partial charge in [0.25, 0.3) is 0 Å². The Kier molecular flexibility index (Phi) is 3.87. The Morgan fingerprint density at radius 3 is 2.12 bits per heavy atom. The predicted octanol–water partition coefficient (Wildman–Crippen LogP) is 5.18. The van der Waals surface area contributed by atoms with Gasteiger partial charge in [-0.05, 0) is 43.2 Å². The maximum Gasteiger partial charge on any atom is 0.127 e. The highest BCUT2D eigenvalue weighted by Crippen LogP contribution is 2.53. The van der Waals surface area contributed by atoms with Crippen molar-refractivity contribution in [2.45, 2.75) is 31.3 Å². The van der Waals surface area contributed by atoms with Crippen molar-refractivity contribution in [2.75, 3.05) is 0 Å². The molecule has 2 N–H and O–H groups in total. The zero-order chi connectivity index (χ0) is 18.3. The molecule has 0 saturated heterocycles. The number of fused-ring (bicyclic) bond motifs is 1. The molecule has 1 aliphatic rings. The average molecular weight is 346 g/mol. The van der Waals surface area contributed by atoms with Crippen LogP contribution in [0.2, 0.25) is 0 Å². The third-order valence-electron chi connectivity index (χ3n) is 5.20. The van der Waals surface area contributed by atoms with Gasteiger partial charge in [-0.1, -0.05) is 48.5 Å². The number of aromatic hydroxyl groups is 2. The summed E-state index contributed by atoms with van der Waals surface area (Å²) < 4.78 is 6.33. The van der Waals surface area contributed by atoms with E-state index in [-0.39, 0.29) is 23.3 Å². The normalized spacial score (nSPS) is 20.8. The molecule has 2 atom stereocenters. The van der Waals surface area contributed by atoms with Gasteiger partial charge in [0.15, 0.2) is 0 Å². The van der Waals surface area contributed by atoms with Crippen LogP contribution in [0.15, 0.2) is 72.8 Å². The molecule has 0 aromatic heterocycles. The second kappa shape index (κ2) is 6.10. The Labute approximate surface area is 153 Å². The summed E-state index contributed by atoms with van der Waals surface area (Å²) in [6, 6.07) is 23.1. The molecule has 0 bridgehead atoms. The van der Waals surface area contributed by atoms with E-state index in [0.717, 1.165) is 11.1 Å². The summed E-state index contributed by atoms with van der Waals surface area (Å²) in [5, 5.41) is 19.6. The molecule has 0 unspecified atom stereocenters. The molecule has 1 aliphatic heterocycles. The highest BCUT2D eigenvalue weighted by molar-refractivity contribution is 5.52. The molecule has 0 aliphatic carbocycles. The number of benzene rings is 3. The molecule has 4 rings (SSSR count). The van der Waals surface area contributed by atoms with Crippen LogP contribution in [-0.4, -0.2) is 15.8 Å². The van der Waals surface area contributed by atoms with Crippen molar-refractivity contribution >= 4 is 0 Å². The van der Waals surface area contributed by atoms with Crippen LogP contribution in [0.25, 0.3) is 0 Å². The van der Waals surface area contributed by atoms with Gasteiger partial charge in [0.05, 0.1) is 0 Å². The molecule has 0 radical (unpaired) electrons. The predicted molar refractivity (Wildman–Crippen MR) is 102 cm³/mol. The summed E-state index contributed by atoms with van der Waals surface area (Å²) in [7, 11) is 0. The summed E-state index contributed by atoms with van der Waals surface area (Å²) in [6.45, 7) is 4.18. The maximum absolute atomic E-state index is 9.92. The van der Waals surface area contributed by atoms with Crippen molar-refractivity contribution in [3.05, 3.63) is 89.5 Å². The Bertz CT molecular complexity index is 914. The molecule has 3 aromatic rings. The number of phenols is 2. The lowest BCUT2D eigenvalue weighted by Crippen LogP contribution is -2.43. The van der Waals surface area contributed by atoms with E-state index in [1.54, 1.807) is 24.3 Å². The first kappa shape index (κ1) is 16.5. The topological polar surface area (TPSA) is 49.7 Å². The number of ether oxygens (including phenoxy) is 1. The molecule has 1 heterocycles. The highest BCUT2D eigenvalue weighted by Gasteiger charge is 2.45. The molecule has 3 aromatic carbocycles. The number of hydrogen-bond acceptors (Lipinski definition) is 3. The van der Waals surface area contributed by atoms with Gasteiger partial charge in [-0.3, -0.25) is 0 Å². The molecule has 0 amide bonds. The molecule has 132 valence electrons. The van der Waals surface area contributed by atoms with Crippen LogP contribution >= 0.6 is 0 Å². The van der Waals surface area contributed by atoms with Crippen LogP contribution in [-0.2, 0) is 0 Å². The van der Waals surface area contributed by atoms with Crippen LogP contribution in [0.5, 0.6) is 17.2 Å². The van der Waals surface area contributed by atoms with E-state index in [2.05, 4.69) is 26.0 Å². The van der Waals surface area contributed by atoms with Gasteiger partial charge < -0.3 is 14.9 Å². The van der Waals surface area contributed by atoms with Crippen molar-refractivity contribution in [1.29, 1.82) is 0 Å². The first-order valence-electron chi connectivity index (χ1n) is 8.81. The van der Waals surface area contributed by atoms with Crippen molar-refractivity contribution in [3.63, 3.8) is 0 Å². The fraction of sp³-hybridized carbons (Fsp3) is 0.217. The average Bonchev–Trinajstić information content (AvgIpc) is 2.61. The highest BCUT2D eigenvalue weighted by atomic mass is 16.5. The van der Waals surface area contributed by atoms with Gasteiger partial charge in [-0.25, -0.2) is 0 Å². The molecule has 3 heteroatoms. The van der Waals surface area contributed by atoms with Crippen molar-refractivity contribution in [3.8, 4) is 17.2 Å². The number of phenolic OH excluding ortho intramolecular Hbond substituents is 2. The van der Waals surface area contributed by atoms with Crippen LogP contribution in [0, 0.1) is 0 Å². The van der Waals surface area contributed by atoms with Crippen LogP contribution in [0.1, 0.15) is 42.4 Å². The van der Waals surface area contributed by atoms with E-state index in [0.29, 0.717) is 5.75 Å². The number of hydrogen-bond donors (Lipinski definition) is 2. The largest absolute Gasteiger partial charge is 0.508 e. The monoisotopic (exact) mass is 346 g/mol. The van der Waals surface area contributed by atoms with Gasteiger partial charge in [0.1, 0.15) is 22.8 Å². The first-order valence-corrected chi connectivity index (χ1v) is 8.81. The second-order valence-corrected chi connectivity index (χ2v) is 7.39. The van der Waals surface area contributed by atoms with Crippen LogP contribution in [0.4, 0.5) is 0 Å². The summed E-state index contributed by atoms with van der Waals surface area (Å²) in [6.07, 6.45) is 0.